The Balaban J connectivity index is 1.18. The fraction of sp³-hybridized carbons (Fsp3) is 0.406. The van der Waals surface area contributed by atoms with Crippen molar-refractivity contribution in [3.63, 3.8) is 0 Å². The van der Waals surface area contributed by atoms with Gasteiger partial charge in [0.1, 0.15) is 28.7 Å². The van der Waals surface area contributed by atoms with E-state index < -0.39 is 11.7 Å². The average molecular weight is 677 g/mol. The number of fused-ring (bicyclic) bond motifs is 2. The highest BCUT2D eigenvalue weighted by atomic mass is 79.9. The first-order valence-electron chi connectivity index (χ1n) is 14.7. The largest absolute Gasteiger partial charge is 0.374 e. The molecule has 0 radical (unpaired) electrons. The number of piperidine rings is 1. The van der Waals surface area contributed by atoms with Crippen LogP contribution in [0.3, 0.4) is 0 Å². The SMILES string of the molecule is CC(=O)c1nn(CC(=O)N2[C@H](C(=O)Nc3nc(Br)ccc3C)C[C@@]3(C)C[C@@H]23)c2c(C)cc(-c3cnc(C4(F)COC4)nc3)cc12. The normalized spacial score (nSPS) is 23.0. The van der Waals surface area contributed by atoms with Gasteiger partial charge in [-0.25, -0.2) is 19.3 Å². The molecule has 3 aliphatic rings. The van der Waals surface area contributed by atoms with E-state index in [1.165, 1.54) is 6.92 Å². The highest BCUT2D eigenvalue weighted by Crippen LogP contribution is 2.59. The smallest absolute Gasteiger partial charge is 0.248 e. The van der Waals surface area contributed by atoms with Crippen LogP contribution in [0.4, 0.5) is 10.2 Å². The number of carbonyl (C=O) groups is 3. The molecule has 11 nitrogen and oxygen atoms in total. The molecule has 1 saturated carbocycles. The Kier molecular flexibility index (Phi) is 6.89. The molecule has 2 aliphatic heterocycles. The van der Waals surface area contributed by atoms with Crippen LogP contribution >= 0.6 is 15.9 Å². The fourth-order valence-corrected chi connectivity index (χ4v) is 6.90. The lowest BCUT2D eigenvalue weighted by atomic mass is 10.00. The number of Topliss-reactive ketones (excluding diaryl/α,β-unsaturated/α-hetero) is 1. The van der Waals surface area contributed by atoms with Gasteiger partial charge in [-0.2, -0.15) is 5.10 Å². The Morgan fingerprint density at radius 2 is 1.82 bits per heavy atom. The number of ketones is 1. The lowest BCUT2D eigenvalue weighted by molar-refractivity contribution is -0.140. The van der Waals surface area contributed by atoms with Crippen molar-refractivity contribution in [1.82, 2.24) is 29.6 Å². The lowest BCUT2D eigenvalue weighted by Crippen LogP contribution is -2.47. The quantitative estimate of drug-likeness (QED) is 0.221. The number of hydrogen-bond donors (Lipinski definition) is 1. The number of aryl methyl sites for hydroxylation is 2. The van der Waals surface area contributed by atoms with Gasteiger partial charge in [0.15, 0.2) is 11.6 Å². The van der Waals surface area contributed by atoms with Gasteiger partial charge in [0.25, 0.3) is 0 Å². The predicted octanol–water partition coefficient (Wildman–Crippen LogP) is 4.68. The van der Waals surface area contributed by atoms with Crippen molar-refractivity contribution >= 4 is 50.2 Å². The van der Waals surface area contributed by atoms with E-state index >= 15 is 0 Å². The first-order chi connectivity index (χ1) is 21.4. The van der Waals surface area contributed by atoms with Crippen LogP contribution in [0, 0.1) is 19.3 Å². The minimum atomic E-state index is -1.67. The minimum Gasteiger partial charge on any atom is -0.374 e. The van der Waals surface area contributed by atoms with Gasteiger partial charge in [-0.1, -0.05) is 13.0 Å². The number of rotatable bonds is 7. The molecule has 4 aromatic rings. The van der Waals surface area contributed by atoms with Gasteiger partial charge in [0, 0.05) is 36.3 Å². The summed E-state index contributed by atoms with van der Waals surface area (Å²) >= 11 is 3.35. The maximum absolute atomic E-state index is 14.7. The number of pyridine rings is 1. The van der Waals surface area contributed by atoms with Gasteiger partial charge < -0.3 is 15.0 Å². The molecule has 3 aromatic heterocycles. The van der Waals surface area contributed by atoms with E-state index in [0.29, 0.717) is 33.3 Å². The first kappa shape index (κ1) is 29.6. The van der Waals surface area contributed by atoms with Gasteiger partial charge >= 0.3 is 0 Å². The molecule has 13 heteroatoms. The Hall–Kier alpha value is -4.10. The summed E-state index contributed by atoms with van der Waals surface area (Å²) in [7, 11) is 0. The van der Waals surface area contributed by atoms with Crippen molar-refractivity contribution in [2.45, 2.75) is 64.8 Å². The van der Waals surface area contributed by atoms with Crippen LogP contribution in [0.5, 0.6) is 0 Å². The van der Waals surface area contributed by atoms with Crippen LogP contribution < -0.4 is 5.32 Å². The summed E-state index contributed by atoms with van der Waals surface area (Å²) in [6.07, 6.45) is 4.50. The molecule has 1 aromatic carbocycles. The topological polar surface area (TPSA) is 132 Å². The van der Waals surface area contributed by atoms with Crippen LogP contribution in [-0.4, -0.2) is 72.5 Å². The average Bonchev–Trinajstić information content (AvgIpc) is 3.33. The Bertz CT molecular complexity index is 1910. The zero-order valence-corrected chi connectivity index (χ0v) is 26.8. The lowest BCUT2D eigenvalue weighted by Gasteiger charge is -2.31. The van der Waals surface area contributed by atoms with Gasteiger partial charge in [0.05, 0.1) is 18.7 Å². The van der Waals surface area contributed by atoms with E-state index in [4.69, 9.17) is 4.74 Å². The minimum absolute atomic E-state index is 0.0444. The first-order valence-corrected chi connectivity index (χ1v) is 15.5. The third kappa shape index (κ3) is 5.02. The molecule has 3 fully saturated rings. The molecule has 2 amide bonds. The second kappa shape index (κ2) is 10.5. The maximum Gasteiger partial charge on any atom is 0.248 e. The number of carbonyl (C=O) groups excluding carboxylic acids is 3. The molecule has 0 unspecified atom stereocenters. The summed E-state index contributed by atoms with van der Waals surface area (Å²) in [5.74, 6) is -0.242. The highest BCUT2D eigenvalue weighted by Gasteiger charge is 2.64. The van der Waals surface area contributed by atoms with Crippen LogP contribution in [0.25, 0.3) is 22.0 Å². The van der Waals surface area contributed by atoms with E-state index in [1.807, 2.05) is 32.0 Å². The van der Waals surface area contributed by atoms with Crippen molar-refractivity contribution in [3.8, 4) is 11.1 Å². The number of alkyl halides is 1. The van der Waals surface area contributed by atoms with Crippen LogP contribution in [0.1, 0.15) is 54.1 Å². The van der Waals surface area contributed by atoms with E-state index in [9.17, 15) is 18.8 Å². The molecule has 1 aliphatic carbocycles. The predicted molar refractivity (Wildman–Crippen MR) is 166 cm³/mol. The Morgan fingerprint density at radius 3 is 2.49 bits per heavy atom. The van der Waals surface area contributed by atoms with E-state index in [0.717, 1.165) is 23.1 Å². The summed E-state index contributed by atoms with van der Waals surface area (Å²) < 4.78 is 21.8. The monoisotopic (exact) mass is 675 g/mol. The number of likely N-dealkylation sites (tertiary alicyclic amines) is 1. The third-order valence-corrected chi connectivity index (χ3v) is 9.67. The molecule has 7 rings (SSSR count). The standard InChI is InChI=1S/C32H31BrFN7O4/c1-16-5-6-24(33)37-28(16)38-29(44)22-9-31(4)10-23(31)41(22)25(43)13-40-27-17(2)7-19(8-21(27)26(39-40)18(3)42)20-11-35-30(36-12-20)32(34)14-45-15-32/h5-8,11-12,22-23H,9-10,13-15H2,1-4H3,(H,37,38,44)/t22-,23+,31-/m0/s1. The third-order valence-electron chi connectivity index (χ3n) is 9.23. The summed E-state index contributed by atoms with van der Waals surface area (Å²) in [5.41, 5.74) is 2.08. The fourth-order valence-electron chi connectivity index (χ4n) is 6.59. The van der Waals surface area contributed by atoms with Gasteiger partial charge in [-0.05, 0) is 82.9 Å². The number of nitrogens with one attached hydrogen (secondary N) is 1. The molecule has 2 saturated heterocycles. The van der Waals surface area contributed by atoms with E-state index in [2.05, 4.69) is 48.2 Å². The number of anilines is 1. The number of benzene rings is 1. The number of hydrogen-bond acceptors (Lipinski definition) is 8. The summed E-state index contributed by atoms with van der Waals surface area (Å²) in [4.78, 5) is 54.8. The molecular weight excluding hydrogens is 645 g/mol. The zero-order chi connectivity index (χ0) is 31.8. The summed E-state index contributed by atoms with van der Waals surface area (Å²) in [6, 6.07) is 6.69. The van der Waals surface area contributed by atoms with Crippen molar-refractivity contribution < 1.29 is 23.5 Å². The summed E-state index contributed by atoms with van der Waals surface area (Å²) in [6.45, 7) is 7.01. The van der Waals surface area contributed by atoms with Crippen molar-refractivity contribution in [3.05, 3.63) is 63.9 Å². The molecule has 45 heavy (non-hydrogen) atoms. The van der Waals surface area contributed by atoms with E-state index in [-0.39, 0.29) is 60.3 Å². The van der Waals surface area contributed by atoms with Gasteiger partial charge in [-0.15, -0.1) is 0 Å². The van der Waals surface area contributed by atoms with Crippen LogP contribution in [0.15, 0.2) is 41.3 Å². The summed E-state index contributed by atoms with van der Waals surface area (Å²) in [5, 5.41) is 8.09. The second-order valence-electron chi connectivity index (χ2n) is 12.7. The molecule has 5 heterocycles. The van der Waals surface area contributed by atoms with Crippen molar-refractivity contribution in [2.75, 3.05) is 18.5 Å². The highest BCUT2D eigenvalue weighted by molar-refractivity contribution is 9.10. The number of halogens is 2. The Morgan fingerprint density at radius 1 is 1.09 bits per heavy atom. The molecule has 232 valence electrons. The van der Waals surface area contributed by atoms with Gasteiger partial charge in [0.2, 0.25) is 17.5 Å². The van der Waals surface area contributed by atoms with Crippen molar-refractivity contribution in [2.24, 2.45) is 5.41 Å². The van der Waals surface area contributed by atoms with Crippen molar-refractivity contribution in [1.29, 1.82) is 0 Å². The number of aromatic nitrogens is 5. The number of nitrogens with zero attached hydrogens (tertiary/aromatic N) is 6. The number of ether oxygens (including phenoxy) is 1. The molecular formula is C32H31BrFN7O4. The molecule has 0 spiro atoms. The van der Waals surface area contributed by atoms with Crippen LogP contribution in [-0.2, 0) is 26.5 Å². The number of amides is 2. The molecule has 0 bridgehead atoms. The molecule has 3 atom stereocenters. The van der Waals surface area contributed by atoms with Gasteiger partial charge in [-0.3, -0.25) is 19.1 Å². The zero-order valence-electron chi connectivity index (χ0n) is 25.2. The maximum atomic E-state index is 14.7. The van der Waals surface area contributed by atoms with E-state index in [1.54, 1.807) is 28.0 Å². The second-order valence-corrected chi connectivity index (χ2v) is 13.5. The Labute approximate surface area is 266 Å². The molecule has 1 N–H and O–H groups in total. The van der Waals surface area contributed by atoms with Crippen LogP contribution in [0.2, 0.25) is 0 Å².